The van der Waals surface area contributed by atoms with Gasteiger partial charge in [-0.1, -0.05) is 24.6 Å². The Kier molecular flexibility index (Phi) is 5.35. The molecular formula is C16H19NO3. The monoisotopic (exact) mass is 273 g/mol. The second-order valence-electron chi connectivity index (χ2n) is 4.89. The van der Waals surface area contributed by atoms with Gasteiger partial charge in [0, 0.05) is 17.8 Å². The van der Waals surface area contributed by atoms with Crippen molar-refractivity contribution < 1.29 is 14.3 Å². The molecule has 1 amide bonds. The molecule has 0 aromatic heterocycles. The fraction of sp³-hybridized carbons (Fsp3) is 0.375. The lowest BCUT2D eigenvalue weighted by molar-refractivity contribution is -0.144. The number of anilines is 1. The fourth-order valence-corrected chi connectivity index (χ4v) is 2.24. The van der Waals surface area contributed by atoms with Crippen molar-refractivity contribution in [3.8, 4) is 0 Å². The SMILES string of the molecule is O=C(/C=C/C(=O)OC1CCCCC1)Nc1ccccc1. The summed E-state index contributed by atoms with van der Waals surface area (Å²) >= 11 is 0. The number of esters is 1. The summed E-state index contributed by atoms with van der Waals surface area (Å²) in [6, 6.07) is 9.10. The number of amides is 1. The molecule has 0 radical (unpaired) electrons. The van der Waals surface area contributed by atoms with Crippen molar-refractivity contribution in [3.05, 3.63) is 42.5 Å². The Hall–Kier alpha value is -2.10. The average molecular weight is 273 g/mol. The zero-order chi connectivity index (χ0) is 14.2. The summed E-state index contributed by atoms with van der Waals surface area (Å²) in [4.78, 5) is 23.2. The molecular weight excluding hydrogens is 254 g/mol. The number of hydrogen-bond donors (Lipinski definition) is 1. The van der Waals surface area contributed by atoms with E-state index in [1.807, 2.05) is 18.2 Å². The Labute approximate surface area is 118 Å². The lowest BCUT2D eigenvalue weighted by atomic mass is 9.98. The molecule has 1 aromatic rings. The summed E-state index contributed by atoms with van der Waals surface area (Å²) in [7, 11) is 0. The van der Waals surface area contributed by atoms with Gasteiger partial charge in [-0.05, 0) is 37.8 Å². The van der Waals surface area contributed by atoms with E-state index in [2.05, 4.69) is 5.32 Å². The standard InChI is InChI=1S/C16H19NO3/c18-15(17-13-7-3-1-4-8-13)11-12-16(19)20-14-9-5-2-6-10-14/h1,3-4,7-8,11-12,14H,2,5-6,9-10H2,(H,17,18)/b12-11+. The number of carbonyl (C=O) groups excluding carboxylic acids is 2. The second-order valence-corrected chi connectivity index (χ2v) is 4.89. The Balaban J connectivity index is 1.76. The number of nitrogens with one attached hydrogen (secondary N) is 1. The first-order chi connectivity index (χ1) is 9.74. The highest BCUT2D eigenvalue weighted by atomic mass is 16.5. The minimum absolute atomic E-state index is 0.0121. The van der Waals surface area contributed by atoms with Gasteiger partial charge in [-0.15, -0.1) is 0 Å². The minimum Gasteiger partial charge on any atom is -0.459 e. The quantitative estimate of drug-likeness (QED) is 0.677. The van der Waals surface area contributed by atoms with E-state index in [-0.39, 0.29) is 12.0 Å². The van der Waals surface area contributed by atoms with Crippen molar-refractivity contribution >= 4 is 17.6 Å². The van der Waals surface area contributed by atoms with Gasteiger partial charge in [0.25, 0.3) is 0 Å². The van der Waals surface area contributed by atoms with Gasteiger partial charge in [0.2, 0.25) is 5.91 Å². The number of rotatable bonds is 4. The molecule has 0 aliphatic heterocycles. The van der Waals surface area contributed by atoms with Gasteiger partial charge >= 0.3 is 5.97 Å². The first-order valence-corrected chi connectivity index (χ1v) is 6.99. The Morgan fingerprint density at radius 1 is 1.05 bits per heavy atom. The first-order valence-electron chi connectivity index (χ1n) is 6.99. The van der Waals surface area contributed by atoms with Crippen LogP contribution in [-0.4, -0.2) is 18.0 Å². The molecule has 0 heterocycles. The van der Waals surface area contributed by atoms with Crippen LogP contribution in [0.5, 0.6) is 0 Å². The van der Waals surface area contributed by atoms with E-state index in [0.29, 0.717) is 5.69 Å². The number of ether oxygens (including phenoxy) is 1. The van der Waals surface area contributed by atoms with E-state index in [1.165, 1.54) is 18.6 Å². The average Bonchev–Trinajstić information content (AvgIpc) is 2.47. The molecule has 0 unspecified atom stereocenters. The summed E-state index contributed by atoms with van der Waals surface area (Å²) < 4.78 is 5.29. The number of carbonyl (C=O) groups is 2. The van der Waals surface area contributed by atoms with Gasteiger partial charge in [-0.2, -0.15) is 0 Å². The van der Waals surface area contributed by atoms with E-state index in [0.717, 1.165) is 25.7 Å². The third kappa shape index (κ3) is 4.88. The topological polar surface area (TPSA) is 55.4 Å². The largest absolute Gasteiger partial charge is 0.459 e. The van der Waals surface area contributed by atoms with Crippen molar-refractivity contribution in [2.45, 2.75) is 38.2 Å². The van der Waals surface area contributed by atoms with E-state index in [4.69, 9.17) is 4.74 Å². The van der Waals surface area contributed by atoms with Crippen molar-refractivity contribution in [1.29, 1.82) is 0 Å². The fourth-order valence-electron chi connectivity index (χ4n) is 2.24. The van der Waals surface area contributed by atoms with Crippen molar-refractivity contribution in [2.75, 3.05) is 5.32 Å². The maximum Gasteiger partial charge on any atom is 0.331 e. The molecule has 1 fully saturated rings. The lowest BCUT2D eigenvalue weighted by Gasteiger charge is -2.20. The molecule has 2 rings (SSSR count). The minimum atomic E-state index is -0.444. The van der Waals surface area contributed by atoms with Gasteiger partial charge < -0.3 is 10.1 Å². The van der Waals surface area contributed by atoms with Crippen LogP contribution in [0.25, 0.3) is 0 Å². The van der Waals surface area contributed by atoms with E-state index in [9.17, 15) is 9.59 Å². The van der Waals surface area contributed by atoms with E-state index >= 15 is 0 Å². The van der Waals surface area contributed by atoms with Gasteiger partial charge in [0.1, 0.15) is 6.10 Å². The highest BCUT2D eigenvalue weighted by Gasteiger charge is 2.16. The normalized spacial score (nSPS) is 16.0. The third-order valence-corrected chi connectivity index (χ3v) is 3.25. The molecule has 106 valence electrons. The molecule has 20 heavy (non-hydrogen) atoms. The van der Waals surface area contributed by atoms with Crippen LogP contribution in [0.15, 0.2) is 42.5 Å². The predicted molar refractivity (Wildman–Crippen MR) is 77.2 cm³/mol. The molecule has 0 saturated heterocycles. The van der Waals surface area contributed by atoms with Gasteiger partial charge in [-0.25, -0.2) is 4.79 Å². The van der Waals surface area contributed by atoms with Crippen molar-refractivity contribution in [2.24, 2.45) is 0 Å². The van der Waals surface area contributed by atoms with Crippen molar-refractivity contribution in [3.63, 3.8) is 0 Å². The Morgan fingerprint density at radius 2 is 1.75 bits per heavy atom. The highest BCUT2D eigenvalue weighted by molar-refractivity contribution is 6.02. The molecule has 4 heteroatoms. The van der Waals surface area contributed by atoms with Crippen LogP contribution in [0, 0.1) is 0 Å². The summed E-state index contributed by atoms with van der Waals surface area (Å²) in [6.07, 6.45) is 7.69. The Bertz CT molecular complexity index is 476. The summed E-state index contributed by atoms with van der Waals surface area (Å²) in [5.74, 6) is -0.781. The molecule has 4 nitrogen and oxygen atoms in total. The number of benzene rings is 1. The molecule has 1 N–H and O–H groups in total. The smallest absolute Gasteiger partial charge is 0.331 e. The molecule has 0 bridgehead atoms. The van der Waals surface area contributed by atoms with Crippen LogP contribution in [0.1, 0.15) is 32.1 Å². The van der Waals surface area contributed by atoms with Crippen LogP contribution >= 0.6 is 0 Å². The van der Waals surface area contributed by atoms with Crippen LogP contribution in [0.4, 0.5) is 5.69 Å². The zero-order valence-electron chi connectivity index (χ0n) is 11.4. The summed E-state index contributed by atoms with van der Waals surface area (Å²) in [5, 5.41) is 2.67. The number of para-hydroxylation sites is 1. The summed E-state index contributed by atoms with van der Waals surface area (Å²) in [5.41, 5.74) is 0.697. The molecule has 1 aromatic carbocycles. The molecule has 0 atom stereocenters. The maximum atomic E-state index is 11.6. The van der Waals surface area contributed by atoms with Gasteiger partial charge in [0.05, 0.1) is 0 Å². The second kappa shape index (κ2) is 7.48. The van der Waals surface area contributed by atoms with Crippen LogP contribution in [0.3, 0.4) is 0 Å². The molecule has 1 aliphatic carbocycles. The molecule has 1 aliphatic rings. The zero-order valence-corrected chi connectivity index (χ0v) is 11.4. The molecule has 1 saturated carbocycles. The maximum absolute atomic E-state index is 11.6. The highest BCUT2D eigenvalue weighted by Crippen LogP contribution is 2.20. The third-order valence-electron chi connectivity index (χ3n) is 3.25. The van der Waals surface area contributed by atoms with Gasteiger partial charge in [0.15, 0.2) is 0 Å². The predicted octanol–water partition coefficient (Wildman–Crippen LogP) is 3.06. The Morgan fingerprint density at radius 3 is 2.45 bits per heavy atom. The van der Waals surface area contributed by atoms with E-state index < -0.39 is 5.97 Å². The van der Waals surface area contributed by atoms with Gasteiger partial charge in [-0.3, -0.25) is 4.79 Å². The van der Waals surface area contributed by atoms with Crippen molar-refractivity contribution in [1.82, 2.24) is 0 Å². The lowest BCUT2D eigenvalue weighted by Crippen LogP contribution is -2.20. The van der Waals surface area contributed by atoms with Crippen LogP contribution in [-0.2, 0) is 14.3 Å². The van der Waals surface area contributed by atoms with Crippen LogP contribution in [0.2, 0.25) is 0 Å². The van der Waals surface area contributed by atoms with E-state index in [1.54, 1.807) is 12.1 Å². The molecule has 0 spiro atoms. The van der Waals surface area contributed by atoms with Crippen LogP contribution < -0.4 is 5.32 Å². The number of hydrogen-bond acceptors (Lipinski definition) is 3. The summed E-state index contributed by atoms with van der Waals surface area (Å²) in [6.45, 7) is 0. The first kappa shape index (κ1) is 14.3.